The molecule has 3 rings (SSSR count). The Kier molecular flexibility index (Phi) is 5.80. The highest BCUT2D eigenvalue weighted by Crippen LogP contribution is 2.26. The number of para-hydroxylation sites is 2. The summed E-state index contributed by atoms with van der Waals surface area (Å²) >= 11 is 0. The molecular weight excluding hydrogens is 348 g/mol. The van der Waals surface area contributed by atoms with E-state index in [1.54, 1.807) is 49.5 Å². The van der Waals surface area contributed by atoms with Crippen molar-refractivity contribution in [2.45, 2.75) is 12.5 Å². The lowest BCUT2D eigenvalue weighted by molar-refractivity contribution is -0.123. The van der Waals surface area contributed by atoms with Crippen LogP contribution in [-0.2, 0) is 9.59 Å². The summed E-state index contributed by atoms with van der Waals surface area (Å²) in [5.74, 6) is 1.47. The molecule has 0 radical (unpaired) electrons. The average molecular weight is 370 g/mol. The molecule has 142 valence electrons. The van der Waals surface area contributed by atoms with Gasteiger partial charge in [0.1, 0.15) is 5.75 Å². The number of rotatable bonds is 7. The molecule has 7 nitrogen and oxygen atoms in total. The monoisotopic (exact) mass is 370 g/mol. The highest BCUT2D eigenvalue weighted by Gasteiger charge is 2.31. The van der Waals surface area contributed by atoms with E-state index in [4.69, 9.17) is 14.2 Å². The van der Waals surface area contributed by atoms with E-state index in [0.29, 0.717) is 18.0 Å². The van der Waals surface area contributed by atoms with Gasteiger partial charge in [-0.1, -0.05) is 12.1 Å². The summed E-state index contributed by atoms with van der Waals surface area (Å²) in [5, 5.41) is 2.85. The number of benzene rings is 2. The van der Waals surface area contributed by atoms with Crippen LogP contribution in [0.4, 0.5) is 5.69 Å². The fourth-order valence-electron chi connectivity index (χ4n) is 2.97. The first-order valence-electron chi connectivity index (χ1n) is 8.60. The van der Waals surface area contributed by atoms with Crippen molar-refractivity contribution in [1.29, 1.82) is 0 Å². The van der Waals surface area contributed by atoms with Crippen LogP contribution >= 0.6 is 0 Å². The second kappa shape index (κ2) is 8.44. The number of nitrogens with zero attached hydrogens (tertiary/aromatic N) is 1. The topological polar surface area (TPSA) is 77.1 Å². The van der Waals surface area contributed by atoms with Crippen molar-refractivity contribution < 1.29 is 23.8 Å². The van der Waals surface area contributed by atoms with E-state index >= 15 is 0 Å². The Morgan fingerprint density at radius 2 is 1.78 bits per heavy atom. The molecule has 0 saturated carbocycles. The molecule has 1 aliphatic rings. The van der Waals surface area contributed by atoms with Gasteiger partial charge in [-0.2, -0.15) is 0 Å². The minimum atomic E-state index is -0.282. The molecule has 0 aromatic heterocycles. The number of ether oxygens (including phenoxy) is 3. The summed E-state index contributed by atoms with van der Waals surface area (Å²) < 4.78 is 15.8. The Labute approximate surface area is 157 Å². The highest BCUT2D eigenvalue weighted by molar-refractivity contribution is 5.97. The number of nitrogens with one attached hydrogen (secondary N) is 1. The van der Waals surface area contributed by atoms with E-state index in [2.05, 4.69) is 5.32 Å². The molecule has 0 spiro atoms. The molecule has 1 heterocycles. The summed E-state index contributed by atoms with van der Waals surface area (Å²) in [6.07, 6.45) is 0.256. The Morgan fingerprint density at radius 1 is 1.07 bits per heavy atom. The van der Waals surface area contributed by atoms with E-state index in [1.165, 1.54) is 0 Å². The zero-order valence-electron chi connectivity index (χ0n) is 15.3. The van der Waals surface area contributed by atoms with E-state index in [0.717, 1.165) is 11.4 Å². The molecule has 1 fully saturated rings. The number of hydrogen-bond donors (Lipinski definition) is 1. The number of amides is 2. The van der Waals surface area contributed by atoms with Crippen molar-refractivity contribution in [2.75, 3.05) is 32.3 Å². The first-order valence-corrected chi connectivity index (χ1v) is 8.60. The fourth-order valence-corrected chi connectivity index (χ4v) is 2.97. The second-order valence-corrected chi connectivity index (χ2v) is 6.11. The summed E-state index contributed by atoms with van der Waals surface area (Å²) in [4.78, 5) is 26.1. The normalized spacial score (nSPS) is 16.1. The minimum absolute atomic E-state index is 0.0314. The number of carbonyl (C=O) groups is 2. The van der Waals surface area contributed by atoms with Crippen molar-refractivity contribution in [3.8, 4) is 17.2 Å². The maximum Gasteiger partial charge on any atom is 0.258 e. The molecule has 7 heteroatoms. The van der Waals surface area contributed by atoms with Gasteiger partial charge in [0.2, 0.25) is 5.91 Å². The van der Waals surface area contributed by atoms with Gasteiger partial charge in [0.25, 0.3) is 5.91 Å². The largest absolute Gasteiger partial charge is 0.497 e. The lowest BCUT2D eigenvalue weighted by atomic mass is 10.2. The third-order valence-corrected chi connectivity index (χ3v) is 4.30. The van der Waals surface area contributed by atoms with E-state index in [-0.39, 0.29) is 30.9 Å². The molecule has 27 heavy (non-hydrogen) atoms. The molecule has 2 aromatic carbocycles. The van der Waals surface area contributed by atoms with Gasteiger partial charge in [0.15, 0.2) is 18.1 Å². The van der Waals surface area contributed by atoms with Gasteiger partial charge < -0.3 is 24.4 Å². The molecule has 0 aliphatic carbocycles. The van der Waals surface area contributed by atoms with Crippen LogP contribution in [0.1, 0.15) is 6.42 Å². The summed E-state index contributed by atoms with van der Waals surface area (Å²) in [5.41, 5.74) is 0.780. The van der Waals surface area contributed by atoms with Crippen molar-refractivity contribution in [3.63, 3.8) is 0 Å². The Morgan fingerprint density at radius 3 is 2.44 bits per heavy atom. The number of hydrogen-bond acceptors (Lipinski definition) is 5. The van der Waals surface area contributed by atoms with Crippen LogP contribution in [0, 0.1) is 0 Å². The van der Waals surface area contributed by atoms with Crippen LogP contribution in [0.15, 0.2) is 48.5 Å². The molecular formula is C20H22N2O5. The predicted molar refractivity (Wildman–Crippen MR) is 100 cm³/mol. The third-order valence-electron chi connectivity index (χ3n) is 4.30. The second-order valence-electron chi connectivity index (χ2n) is 6.11. The molecule has 2 amide bonds. The SMILES string of the molecule is COc1ccc(N2CC(NC(=O)COc3ccccc3OC)CC2=O)cc1. The van der Waals surface area contributed by atoms with Crippen molar-refractivity contribution in [2.24, 2.45) is 0 Å². The summed E-state index contributed by atoms with van der Waals surface area (Å²) in [7, 11) is 3.13. The van der Waals surface area contributed by atoms with Crippen LogP contribution < -0.4 is 24.4 Å². The zero-order chi connectivity index (χ0) is 19.2. The quantitative estimate of drug-likeness (QED) is 0.807. The highest BCUT2D eigenvalue weighted by atomic mass is 16.5. The maximum atomic E-state index is 12.3. The van der Waals surface area contributed by atoms with Gasteiger partial charge >= 0.3 is 0 Å². The van der Waals surface area contributed by atoms with Crippen LogP contribution in [0.3, 0.4) is 0 Å². The van der Waals surface area contributed by atoms with Gasteiger partial charge in [0, 0.05) is 18.7 Å². The first-order chi connectivity index (χ1) is 13.1. The fraction of sp³-hybridized carbons (Fsp3) is 0.300. The molecule has 1 saturated heterocycles. The lowest BCUT2D eigenvalue weighted by Gasteiger charge is -2.18. The summed E-state index contributed by atoms with van der Waals surface area (Å²) in [6.45, 7) is 0.277. The summed E-state index contributed by atoms with van der Waals surface area (Å²) in [6, 6.07) is 14.1. The van der Waals surface area contributed by atoms with Gasteiger partial charge in [-0.05, 0) is 36.4 Å². The molecule has 2 aromatic rings. The molecule has 1 atom stereocenters. The molecule has 1 unspecified atom stereocenters. The van der Waals surface area contributed by atoms with Gasteiger partial charge in [-0.3, -0.25) is 9.59 Å². The van der Waals surface area contributed by atoms with Crippen molar-refractivity contribution >= 4 is 17.5 Å². The first kappa shape index (κ1) is 18.6. The standard InChI is InChI=1S/C20H22N2O5/c1-25-16-9-7-15(8-10-16)22-12-14(11-20(22)24)21-19(23)13-27-18-6-4-3-5-17(18)26-2/h3-10,14H,11-13H2,1-2H3,(H,21,23). The van der Waals surface area contributed by atoms with E-state index < -0.39 is 0 Å². The van der Waals surface area contributed by atoms with Crippen LogP contribution in [0.2, 0.25) is 0 Å². The minimum Gasteiger partial charge on any atom is -0.497 e. The number of carbonyl (C=O) groups excluding carboxylic acids is 2. The van der Waals surface area contributed by atoms with Gasteiger partial charge in [-0.25, -0.2) is 0 Å². The molecule has 1 N–H and O–H groups in total. The zero-order valence-corrected chi connectivity index (χ0v) is 15.3. The van der Waals surface area contributed by atoms with Crippen LogP contribution in [0.5, 0.6) is 17.2 Å². The Hall–Kier alpha value is -3.22. The maximum absolute atomic E-state index is 12.3. The predicted octanol–water partition coefficient (Wildman–Crippen LogP) is 2.00. The van der Waals surface area contributed by atoms with Crippen molar-refractivity contribution in [3.05, 3.63) is 48.5 Å². The Balaban J connectivity index is 1.53. The van der Waals surface area contributed by atoms with Gasteiger partial charge in [0.05, 0.1) is 20.3 Å². The number of anilines is 1. The van der Waals surface area contributed by atoms with Gasteiger partial charge in [-0.15, -0.1) is 0 Å². The Bertz CT molecular complexity index is 806. The molecule has 1 aliphatic heterocycles. The van der Waals surface area contributed by atoms with Crippen molar-refractivity contribution in [1.82, 2.24) is 5.32 Å². The number of methoxy groups -OCH3 is 2. The molecule has 0 bridgehead atoms. The average Bonchev–Trinajstić information content (AvgIpc) is 3.06. The van der Waals surface area contributed by atoms with E-state index in [1.807, 2.05) is 18.2 Å². The third kappa shape index (κ3) is 4.49. The van der Waals surface area contributed by atoms with Crippen LogP contribution in [-0.4, -0.2) is 45.2 Å². The van der Waals surface area contributed by atoms with E-state index in [9.17, 15) is 9.59 Å². The van der Waals surface area contributed by atoms with Crippen LogP contribution in [0.25, 0.3) is 0 Å². The lowest BCUT2D eigenvalue weighted by Crippen LogP contribution is -2.39. The smallest absolute Gasteiger partial charge is 0.258 e.